The van der Waals surface area contributed by atoms with Gasteiger partial charge in [-0.2, -0.15) is 0 Å². The van der Waals surface area contributed by atoms with E-state index in [4.69, 9.17) is 0 Å². The molecule has 1 aliphatic rings. The molecule has 92 valence electrons. The van der Waals surface area contributed by atoms with Crippen molar-refractivity contribution in [1.29, 1.82) is 0 Å². The summed E-state index contributed by atoms with van der Waals surface area (Å²) < 4.78 is 0. The number of nitrogens with one attached hydrogen (secondary N) is 1. The molecule has 4 nitrogen and oxygen atoms in total. The van der Waals surface area contributed by atoms with Crippen molar-refractivity contribution < 1.29 is 4.79 Å². The van der Waals surface area contributed by atoms with E-state index >= 15 is 0 Å². The van der Waals surface area contributed by atoms with E-state index in [1.807, 2.05) is 17.0 Å². The van der Waals surface area contributed by atoms with E-state index in [2.05, 4.69) is 24.1 Å². The van der Waals surface area contributed by atoms with Gasteiger partial charge in [-0.05, 0) is 25.0 Å². The average Bonchev–Trinajstić information content (AvgIpc) is 2.32. The van der Waals surface area contributed by atoms with Crippen LogP contribution in [0.15, 0.2) is 24.5 Å². The maximum Gasteiger partial charge on any atom is 0.244 e. The van der Waals surface area contributed by atoms with Gasteiger partial charge in [0.25, 0.3) is 0 Å². The maximum atomic E-state index is 12.3. The van der Waals surface area contributed by atoms with Gasteiger partial charge in [-0.15, -0.1) is 0 Å². The summed E-state index contributed by atoms with van der Waals surface area (Å²) in [6.45, 7) is 4.92. The molecule has 2 heterocycles. The number of nitrogens with zero attached hydrogens (tertiary/aromatic N) is 2. The van der Waals surface area contributed by atoms with E-state index in [1.165, 1.54) is 0 Å². The highest BCUT2D eigenvalue weighted by Gasteiger charge is 2.29. The van der Waals surface area contributed by atoms with Crippen molar-refractivity contribution in [3.05, 3.63) is 24.5 Å². The van der Waals surface area contributed by atoms with Gasteiger partial charge in [0.1, 0.15) is 0 Å². The summed E-state index contributed by atoms with van der Waals surface area (Å²) in [6, 6.07) is 4.08. The number of hydrogen-bond acceptors (Lipinski definition) is 3. The number of pyridine rings is 1. The molecule has 1 amide bonds. The Morgan fingerprint density at radius 3 is 3.00 bits per heavy atom. The molecule has 1 saturated heterocycles. The highest BCUT2D eigenvalue weighted by atomic mass is 16.2. The lowest BCUT2D eigenvalue weighted by molar-refractivity contribution is -0.121. The Balaban J connectivity index is 2.11. The quantitative estimate of drug-likeness (QED) is 0.862. The number of carbonyl (C=O) groups is 1. The van der Waals surface area contributed by atoms with Crippen LogP contribution in [0.2, 0.25) is 0 Å². The van der Waals surface area contributed by atoms with E-state index < -0.39 is 0 Å². The van der Waals surface area contributed by atoms with Gasteiger partial charge in [0, 0.05) is 18.8 Å². The molecule has 4 heteroatoms. The van der Waals surface area contributed by atoms with Gasteiger partial charge in [0.15, 0.2) is 0 Å². The zero-order chi connectivity index (χ0) is 12.3. The Hall–Kier alpha value is -1.42. The molecule has 1 fully saturated rings. The number of amides is 1. The van der Waals surface area contributed by atoms with Crippen LogP contribution in [0.1, 0.15) is 26.7 Å². The molecule has 0 saturated carbocycles. The first-order valence-corrected chi connectivity index (χ1v) is 6.16. The number of hydrogen-bond donors (Lipinski definition) is 1. The molecule has 0 aliphatic carbocycles. The third-order valence-electron chi connectivity index (χ3n) is 2.93. The lowest BCUT2D eigenvalue weighted by Gasteiger charge is -2.33. The first-order valence-electron chi connectivity index (χ1n) is 6.16. The van der Waals surface area contributed by atoms with Gasteiger partial charge in [0.2, 0.25) is 5.91 Å². The van der Waals surface area contributed by atoms with Crippen LogP contribution in [-0.2, 0) is 4.79 Å². The van der Waals surface area contributed by atoms with Crippen LogP contribution in [-0.4, -0.2) is 29.5 Å². The fraction of sp³-hybridized carbons (Fsp3) is 0.538. The van der Waals surface area contributed by atoms with Gasteiger partial charge in [-0.25, -0.2) is 0 Å². The van der Waals surface area contributed by atoms with Gasteiger partial charge >= 0.3 is 0 Å². The predicted molar refractivity (Wildman–Crippen MR) is 67.9 cm³/mol. The normalized spacial score (nSPS) is 21.0. The van der Waals surface area contributed by atoms with Crippen LogP contribution in [0, 0.1) is 0 Å². The van der Waals surface area contributed by atoms with Crippen molar-refractivity contribution in [3.63, 3.8) is 0 Å². The SMILES string of the molecule is CC(C)NC1CCCN(c2cccnc2)C1=O. The molecule has 0 radical (unpaired) electrons. The summed E-state index contributed by atoms with van der Waals surface area (Å²) in [4.78, 5) is 18.2. The topological polar surface area (TPSA) is 45.2 Å². The van der Waals surface area contributed by atoms with E-state index in [0.717, 1.165) is 25.1 Å². The zero-order valence-electron chi connectivity index (χ0n) is 10.4. The molecule has 1 aromatic rings. The minimum Gasteiger partial charge on any atom is -0.310 e. The molecule has 17 heavy (non-hydrogen) atoms. The Morgan fingerprint density at radius 2 is 2.35 bits per heavy atom. The summed E-state index contributed by atoms with van der Waals surface area (Å²) >= 11 is 0. The first kappa shape index (κ1) is 12.0. The van der Waals surface area contributed by atoms with Crippen molar-refractivity contribution in [2.75, 3.05) is 11.4 Å². The first-order chi connectivity index (χ1) is 8.18. The lowest BCUT2D eigenvalue weighted by atomic mass is 10.0. The fourth-order valence-corrected chi connectivity index (χ4v) is 2.20. The predicted octanol–water partition coefficient (Wildman–Crippen LogP) is 1.57. The van der Waals surface area contributed by atoms with Gasteiger partial charge in [-0.3, -0.25) is 9.78 Å². The summed E-state index contributed by atoms with van der Waals surface area (Å²) in [5.74, 6) is 0.165. The van der Waals surface area contributed by atoms with Crippen LogP contribution < -0.4 is 10.2 Å². The molecule has 1 atom stereocenters. The molecular formula is C13H19N3O. The molecule has 0 spiro atoms. The second-order valence-corrected chi connectivity index (χ2v) is 4.72. The zero-order valence-corrected chi connectivity index (χ0v) is 10.4. The maximum absolute atomic E-state index is 12.3. The van der Waals surface area contributed by atoms with E-state index in [0.29, 0.717) is 6.04 Å². The monoisotopic (exact) mass is 233 g/mol. The second-order valence-electron chi connectivity index (χ2n) is 4.72. The van der Waals surface area contributed by atoms with Crippen LogP contribution in [0.25, 0.3) is 0 Å². The molecule has 2 rings (SSSR count). The number of anilines is 1. The standard InChI is InChI=1S/C13H19N3O/c1-10(2)15-12-6-4-8-16(13(12)17)11-5-3-7-14-9-11/h3,5,7,9-10,12,15H,4,6,8H2,1-2H3. The molecule has 1 aliphatic heterocycles. The molecule has 1 aromatic heterocycles. The van der Waals surface area contributed by atoms with Gasteiger partial charge in [-0.1, -0.05) is 13.8 Å². The Kier molecular flexibility index (Phi) is 3.74. The van der Waals surface area contributed by atoms with E-state index in [9.17, 15) is 4.79 Å². The number of aromatic nitrogens is 1. The summed E-state index contributed by atoms with van der Waals surface area (Å²) in [5.41, 5.74) is 0.896. The largest absolute Gasteiger partial charge is 0.310 e. The lowest BCUT2D eigenvalue weighted by Crippen LogP contribution is -2.52. The summed E-state index contributed by atoms with van der Waals surface area (Å²) in [5, 5.41) is 3.32. The molecular weight excluding hydrogens is 214 g/mol. The van der Waals surface area contributed by atoms with Crippen molar-refractivity contribution in [3.8, 4) is 0 Å². The minimum absolute atomic E-state index is 0.0519. The molecule has 0 bridgehead atoms. The number of carbonyl (C=O) groups excluding carboxylic acids is 1. The van der Waals surface area contributed by atoms with E-state index in [1.54, 1.807) is 12.4 Å². The van der Waals surface area contributed by atoms with Crippen molar-refractivity contribution in [2.24, 2.45) is 0 Å². The van der Waals surface area contributed by atoms with E-state index in [-0.39, 0.29) is 11.9 Å². The van der Waals surface area contributed by atoms with Gasteiger partial charge in [0.05, 0.1) is 17.9 Å². The summed E-state index contributed by atoms with van der Waals surface area (Å²) in [7, 11) is 0. The third kappa shape index (κ3) is 2.82. The fourth-order valence-electron chi connectivity index (χ4n) is 2.20. The second kappa shape index (κ2) is 5.27. The number of piperidine rings is 1. The Bertz CT molecular complexity index is 378. The highest BCUT2D eigenvalue weighted by Crippen LogP contribution is 2.20. The Labute approximate surface area is 102 Å². The third-order valence-corrected chi connectivity index (χ3v) is 2.93. The highest BCUT2D eigenvalue weighted by molar-refractivity contribution is 5.97. The average molecular weight is 233 g/mol. The van der Waals surface area contributed by atoms with Crippen LogP contribution in [0.5, 0.6) is 0 Å². The summed E-state index contributed by atoms with van der Waals surface area (Å²) in [6.07, 6.45) is 5.43. The molecule has 0 aromatic carbocycles. The van der Waals surface area contributed by atoms with Crippen molar-refractivity contribution in [1.82, 2.24) is 10.3 Å². The smallest absolute Gasteiger partial charge is 0.244 e. The minimum atomic E-state index is -0.0519. The van der Waals surface area contributed by atoms with Crippen molar-refractivity contribution in [2.45, 2.75) is 38.8 Å². The number of rotatable bonds is 3. The molecule has 1 unspecified atom stereocenters. The van der Waals surface area contributed by atoms with Crippen LogP contribution in [0.4, 0.5) is 5.69 Å². The molecule has 1 N–H and O–H groups in total. The van der Waals surface area contributed by atoms with Gasteiger partial charge < -0.3 is 10.2 Å². The van der Waals surface area contributed by atoms with Crippen molar-refractivity contribution >= 4 is 11.6 Å². The Morgan fingerprint density at radius 1 is 1.53 bits per heavy atom. The van der Waals surface area contributed by atoms with Crippen LogP contribution >= 0.6 is 0 Å². The van der Waals surface area contributed by atoms with Crippen LogP contribution in [0.3, 0.4) is 0 Å².